The molecule has 0 radical (unpaired) electrons. The number of methoxy groups -OCH3 is 1. The van der Waals surface area contributed by atoms with Crippen LogP contribution in [0.15, 0.2) is 23.2 Å². The first kappa shape index (κ1) is 13.3. The number of aromatic nitrogens is 1. The largest absolute Gasteiger partial charge is 0.481 e. The minimum Gasteiger partial charge on any atom is -0.481 e. The quantitative estimate of drug-likeness (QED) is 0.839. The number of likely N-dealkylation sites (N-methyl/N-ethyl adjacent to an activating group) is 1. The number of hydrogen-bond acceptors (Lipinski definition) is 5. The van der Waals surface area contributed by atoms with Crippen LogP contribution in [0.2, 0.25) is 0 Å². The summed E-state index contributed by atoms with van der Waals surface area (Å²) in [5, 5.41) is 3.15. The van der Waals surface area contributed by atoms with Crippen molar-refractivity contribution < 1.29 is 13.2 Å². The van der Waals surface area contributed by atoms with Crippen molar-refractivity contribution in [1.29, 1.82) is 0 Å². The summed E-state index contributed by atoms with van der Waals surface area (Å²) in [6.07, 6.45) is 2.16. The van der Waals surface area contributed by atoms with Crippen LogP contribution in [0.1, 0.15) is 6.42 Å². The maximum Gasteiger partial charge on any atom is 0.244 e. The molecule has 0 amide bonds. The van der Waals surface area contributed by atoms with E-state index in [9.17, 15) is 8.42 Å². The molecule has 6 nitrogen and oxygen atoms in total. The van der Waals surface area contributed by atoms with Crippen LogP contribution >= 0.6 is 0 Å². The van der Waals surface area contributed by atoms with Gasteiger partial charge in [0.15, 0.2) is 0 Å². The molecule has 1 aromatic rings. The summed E-state index contributed by atoms with van der Waals surface area (Å²) in [6, 6.07) is 3.07. The van der Waals surface area contributed by atoms with Crippen LogP contribution in [0.5, 0.6) is 5.88 Å². The number of hydrogen-bond donors (Lipinski definition) is 1. The minimum atomic E-state index is -3.47. The third-order valence-corrected chi connectivity index (χ3v) is 5.04. The van der Waals surface area contributed by atoms with Gasteiger partial charge < -0.3 is 10.1 Å². The fourth-order valence-electron chi connectivity index (χ4n) is 1.95. The van der Waals surface area contributed by atoms with Gasteiger partial charge >= 0.3 is 0 Å². The summed E-state index contributed by atoms with van der Waals surface area (Å²) in [6.45, 7) is 1.55. The molecule has 0 saturated carbocycles. The van der Waals surface area contributed by atoms with E-state index in [2.05, 4.69) is 10.3 Å². The smallest absolute Gasteiger partial charge is 0.244 e. The Labute approximate surface area is 107 Å². The molecule has 1 aromatic heterocycles. The molecule has 1 aliphatic rings. The molecule has 0 aliphatic carbocycles. The zero-order chi connectivity index (χ0) is 13.2. The predicted molar refractivity (Wildman–Crippen MR) is 67.0 cm³/mol. The van der Waals surface area contributed by atoms with E-state index in [4.69, 9.17) is 4.74 Å². The monoisotopic (exact) mass is 271 g/mol. The molecule has 0 aromatic carbocycles. The van der Waals surface area contributed by atoms with Gasteiger partial charge in [-0.15, -0.1) is 0 Å². The van der Waals surface area contributed by atoms with Crippen LogP contribution < -0.4 is 10.1 Å². The second kappa shape index (κ2) is 5.21. The second-order valence-electron chi connectivity index (χ2n) is 4.20. The predicted octanol–water partition coefficient (Wildman–Crippen LogP) is 0.0726. The Hall–Kier alpha value is -1.18. The van der Waals surface area contributed by atoms with Crippen molar-refractivity contribution in [3.63, 3.8) is 0 Å². The zero-order valence-corrected chi connectivity index (χ0v) is 11.3. The van der Waals surface area contributed by atoms with Crippen molar-refractivity contribution in [2.45, 2.75) is 17.4 Å². The minimum absolute atomic E-state index is 0.0112. The SMILES string of the molecule is COc1ccc(S(=O)(=O)N(C)C2CCNC2)cn1. The van der Waals surface area contributed by atoms with E-state index in [0.717, 1.165) is 13.0 Å². The molecular formula is C11H17N3O3S. The van der Waals surface area contributed by atoms with Crippen molar-refractivity contribution in [3.8, 4) is 5.88 Å². The number of rotatable bonds is 4. The van der Waals surface area contributed by atoms with E-state index in [1.54, 1.807) is 13.1 Å². The highest BCUT2D eigenvalue weighted by Gasteiger charge is 2.30. The van der Waals surface area contributed by atoms with Crippen molar-refractivity contribution >= 4 is 10.0 Å². The van der Waals surface area contributed by atoms with Crippen molar-refractivity contribution in [2.75, 3.05) is 27.2 Å². The topological polar surface area (TPSA) is 71.5 Å². The highest BCUT2D eigenvalue weighted by Crippen LogP contribution is 2.19. The molecule has 100 valence electrons. The van der Waals surface area contributed by atoms with Gasteiger partial charge in [-0.2, -0.15) is 4.31 Å². The molecule has 1 aliphatic heterocycles. The highest BCUT2D eigenvalue weighted by atomic mass is 32.2. The van der Waals surface area contributed by atoms with E-state index in [0.29, 0.717) is 12.4 Å². The molecule has 2 rings (SSSR count). The number of pyridine rings is 1. The Balaban J connectivity index is 2.23. The van der Waals surface area contributed by atoms with Crippen LogP contribution in [0.3, 0.4) is 0 Å². The first-order valence-electron chi connectivity index (χ1n) is 5.74. The normalized spacial score (nSPS) is 20.3. The number of ether oxygens (including phenoxy) is 1. The Bertz CT molecular complexity index is 495. The van der Waals surface area contributed by atoms with Gasteiger partial charge in [0.2, 0.25) is 15.9 Å². The van der Waals surface area contributed by atoms with Gasteiger partial charge in [0.05, 0.1) is 13.3 Å². The number of nitrogens with one attached hydrogen (secondary N) is 1. The standard InChI is InChI=1S/C11H17N3O3S/c1-14(9-5-6-12-7-9)18(15,16)10-3-4-11(17-2)13-8-10/h3-4,8-9,12H,5-7H2,1-2H3. The van der Waals surface area contributed by atoms with Crippen molar-refractivity contribution in [1.82, 2.24) is 14.6 Å². The van der Waals surface area contributed by atoms with Gasteiger partial charge in [-0.3, -0.25) is 0 Å². The Morgan fingerprint density at radius 3 is 2.78 bits per heavy atom. The van der Waals surface area contributed by atoms with Gasteiger partial charge in [0.25, 0.3) is 0 Å². The molecule has 2 heterocycles. The fourth-order valence-corrected chi connectivity index (χ4v) is 3.28. The Morgan fingerprint density at radius 1 is 1.50 bits per heavy atom. The van der Waals surface area contributed by atoms with E-state index in [1.165, 1.54) is 23.7 Å². The van der Waals surface area contributed by atoms with E-state index >= 15 is 0 Å². The van der Waals surface area contributed by atoms with Crippen LogP contribution in [-0.2, 0) is 10.0 Å². The van der Waals surface area contributed by atoms with E-state index in [1.807, 2.05) is 0 Å². The molecule has 0 bridgehead atoms. The zero-order valence-electron chi connectivity index (χ0n) is 10.5. The van der Waals surface area contributed by atoms with Gasteiger partial charge in [0, 0.05) is 25.7 Å². The molecule has 1 N–H and O–H groups in total. The lowest BCUT2D eigenvalue weighted by molar-refractivity contribution is 0.385. The van der Waals surface area contributed by atoms with Gasteiger partial charge in [-0.05, 0) is 19.0 Å². The average molecular weight is 271 g/mol. The maximum atomic E-state index is 12.3. The number of nitrogens with zero attached hydrogens (tertiary/aromatic N) is 2. The maximum absolute atomic E-state index is 12.3. The summed E-state index contributed by atoms with van der Waals surface area (Å²) < 4.78 is 31.0. The van der Waals surface area contributed by atoms with Crippen molar-refractivity contribution in [2.24, 2.45) is 0 Å². The molecular weight excluding hydrogens is 254 g/mol. The third kappa shape index (κ3) is 2.47. The van der Waals surface area contributed by atoms with Gasteiger partial charge in [0.1, 0.15) is 4.90 Å². The lowest BCUT2D eigenvalue weighted by Gasteiger charge is -2.22. The van der Waals surface area contributed by atoms with Gasteiger partial charge in [-0.1, -0.05) is 0 Å². The molecule has 18 heavy (non-hydrogen) atoms. The van der Waals surface area contributed by atoms with Gasteiger partial charge in [-0.25, -0.2) is 13.4 Å². The summed E-state index contributed by atoms with van der Waals surface area (Å²) in [5.74, 6) is 0.402. The average Bonchev–Trinajstić information content (AvgIpc) is 2.91. The molecule has 1 atom stereocenters. The first-order chi connectivity index (χ1) is 8.55. The lowest BCUT2D eigenvalue weighted by Crippen LogP contribution is -2.38. The number of sulfonamides is 1. The highest BCUT2D eigenvalue weighted by molar-refractivity contribution is 7.89. The summed E-state index contributed by atoms with van der Waals surface area (Å²) in [7, 11) is -0.371. The third-order valence-electron chi connectivity index (χ3n) is 3.14. The summed E-state index contributed by atoms with van der Waals surface area (Å²) >= 11 is 0. The molecule has 1 unspecified atom stereocenters. The lowest BCUT2D eigenvalue weighted by atomic mass is 10.3. The van der Waals surface area contributed by atoms with Crippen LogP contribution in [-0.4, -0.2) is 51.0 Å². The van der Waals surface area contributed by atoms with Crippen molar-refractivity contribution in [3.05, 3.63) is 18.3 Å². The Kier molecular flexibility index (Phi) is 3.84. The Morgan fingerprint density at radius 2 is 2.28 bits per heavy atom. The molecule has 7 heteroatoms. The summed E-state index contributed by atoms with van der Waals surface area (Å²) in [5.41, 5.74) is 0. The molecule has 1 fully saturated rings. The molecule has 0 spiro atoms. The molecule has 1 saturated heterocycles. The van der Waals surface area contributed by atoms with E-state index < -0.39 is 10.0 Å². The first-order valence-corrected chi connectivity index (χ1v) is 7.18. The van der Waals surface area contributed by atoms with Crippen LogP contribution in [0.4, 0.5) is 0 Å². The van der Waals surface area contributed by atoms with E-state index in [-0.39, 0.29) is 10.9 Å². The summed E-state index contributed by atoms with van der Waals surface area (Å²) in [4.78, 5) is 4.12. The van der Waals surface area contributed by atoms with Crippen LogP contribution in [0, 0.1) is 0 Å². The second-order valence-corrected chi connectivity index (χ2v) is 6.20. The van der Waals surface area contributed by atoms with Crippen LogP contribution in [0.25, 0.3) is 0 Å². The fraction of sp³-hybridized carbons (Fsp3) is 0.545.